The zero-order valence-corrected chi connectivity index (χ0v) is 20.9. The smallest absolute Gasteiger partial charge is 0.229 e. The Bertz CT molecular complexity index is 1060. The van der Waals surface area contributed by atoms with Crippen LogP contribution in [0.15, 0.2) is 42.5 Å². The van der Waals surface area contributed by atoms with Crippen LogP contribution < -0.4 is 14.8 Å². The van der Waals surface area contributed by atoms with E-state index in [1.165, 1.54) is 5.56 Å². The van der Waals surface area contributed by atoms with Crippen molar-refractivity contribution in [3.8, 4) is 22.8 Å². The lowest BCUT2D eigenvalue weighted by Crippen LogP contribution is -2.28. The van der Waals surface area contributed by atoms with Gasteiger partial charge < -0.3 is 19.7 Å². The van der Waals surface area contributed by atoms with E-state index >= 15 is 0 Å². The zero-order valence-electron chi connectivity index (χ0n) is 20.1. The Morgan fingerprint density at radius 2 is 1.79 bits per heavy atom. The van der Waals surface area contributed by atoms with Crippen molar-refractivity contribution >= 4 is 22.9 Å². The van der Waals surface area contributed by atoms with Crippen molar-refractivity contribution < 1.29 is 14.3 Å². The van der Waals surface area contributed by atoms with E-state index < -0.39 is 0 Å². The van der Waals surface area contributed by atoms with Gasteiger partial charge in [-0.25, -0.2) is 4.98 Å². The molecular weight excluding hydrogens is 434 g/mol. The Hall–Kier alpha value is -2.90. The van der Waals surface area contributed by atoms with Crippen molar-refractivity contribution in [2.24, 2.45) is 0 Å². The third-order valence-corrected chi connectivity index (χ3v) is 6.43. The normalized spacial score (nSPS) is 11.0. The minimum absolute atomic E-state index is 0.0914. The molecule has 0 unspecified atom stereocenters. The van der Waals surface area contributed by atoms with Gasteiger partial charge in [0.25, 0.3) is 0 Å². The number of carbonyl (C=O) groups excluding carboxylic acids is 1. The summed E-state index contributed by atoms with van der Waals surface area (Å²) in [6.45, 7) is 11.6. The first-order valence-corrected chi connectivity index (χ1v) is 12.1. The van der Waals surface area contributed by atoms with Crippen LogP contribution in [0, 0.1) is 13.8 Å². The highest BCUT2D eigenvalue weighted by molar-refractivity contribution is 7.12. The average molecular weight is 468 g/mol. The monoisotopic (exact) mass is 467 g/mol. The predicted molar refractivity (Wildman–Crippen MR) is 136 cm³/mol. The molecule has 3 aromatic rings. The minimum atomic E-state index is -0.0914. The molecule has 0 atom stereocenters. The van der Waals surface area contributed by atoms with Gasteiger partial charge in [0.05, 0.1) is 24.2 Å². The molecule has 3 rings (SSSR count). The second-order valence-corrected chi connectivity index (χ2v) is 9.12. The van der Waals surface area contributed by atoms with Crippen molar-refractivity contribution in [2.45, 2.75) is 34.1 Å². The molecule has 6 nitrogen and oxygen atoms in total. The lowest BCUT2D eigenvalue weighted by atomic mass is 10.1. The van der Waals surface area contributed by atoms with Crippen LogP contribution in [0.2, 0.25) is 0 Å². The number of hydrogen-bond donors (Lipinski definition) is 1. The number of carbonyl (C=O) groups is 1. The Balaban J connectivity index is 1.69. The summed E-state index contributed by atoms with van der Waals surface area (Å²) in [5, 5.41) is 3.94. The highest BCUT2D eigenvalue weighted by atomic mass is 32.1. The molecule has 0 saturated heterocycles. The standard InChI is InChI=1S/C26H33N3O3S/c1-6-29(7-2)14-15-32-23-16-21(12-13-22(23)31-5)28-25(30)17-24-26(27-19(4)33-24)20-10-8-18(3)9-11-20/h8-13,16H,6-7,14-15,17H2,1-5H3,(H,28,30). The number of nitrogens with one attached hydrogen (secondary N) is 1. The quantitative estimate of drug-likeness (QED) is 0.413. The molecule has 1 amide bonds. The van der Waals surface area contributed by atoms with Crippen LogP contribution in [0.3, 0.4) is 0 Å². The highest BCUT2D eigenvalue weighted by Gasteiger charge is 2.16. The van der Waals surface area contributed by atoms with Gasteiger partial charge in [0.15, 0.2) is 11.5 Å². The third-order valence-electron chi connectivity index (χ3n) is 5.46. The maximum absolute atomic E-state index is 12.9. The number of nitrogens with zero attached hydrogens (tertiary/aromatic N) is 2. The van der Waals surface area contributed by atoms with E-state index in [9.17, 15) is 4.79 Å². The maximum atomic E-state index is 12.9. The number of aryl methyl sites for hydroxylation is 2. The number of anilines is 1. The van der Waals surface area contributed by atoms with E-state index in [1.54, 1.807) is 18.4 Å². The van der Waals surface area contributed by atoms with Gasteiger partial charge in [-0.15, -0.1) is 11.3 Å². The largest absolute Gasteiger partial charge is 0.493 e. The first kappa shape index (κ1) is 24.7. The molecule has 0 aliphatic carbocycles. The number of likely N-dealkylation sites (N-methyl/N-ethyl adjacent to an activating group) is 1. The van der Waals surface area contributed by atoms with Crippen molar-refractivity contribution in [3.63, 3.8) is 0 Å². The number of aromatic nitrogens is 1. The van der Waals surface area contributed by atoms with E-state index in [2.05, 4.69) is 60.2 Å². The van der Waals surface area contributed by atoms with Crippen LogP contribution in [-0.4, -0.2) is 49.1 Å². The molecule has 0 aliphatic heterocycles. The first-order chi connectivity index (χ1) is 15.9. The second kappa shape index (κ2) is 11.8. The summed E-state index contributed by atoms with van der Waals surface area (Å²) in [6.07, 6.45) is 0.263. The van der Waals surface area contributed by atoms with Crippen LogP contribution in [0.4, 0.5) is 5.69 Å². The van der Waals surface area contributed by atoms with Crippen LogP contribution >= 0.6 is 11.3 Å². The summed E-state index contributed by atoms with van der Waals surface area (Å²) in [4.78, 5) is 20.8. The van der Waals surface area contributed by atoms with Crippen LogP contribution in [0.5, 0.6) is 11.5 Å². The van der Waals surface area contributed by atoms with Crippen molar-refractivity contribution in [1.29, 1.82) is 0 Å². The molecule has 0 aliphatic rings. The third kappa shape index (κ3) is 6.79. The number of amides is 1. The van der Waals surface area contributed by atoms with Crippen LogP contribution in [0.25, 0.3) is 11.3 Å². The molecule has 1 heterocycles. The molecule has 7 heteroatoms. The highest BCUT2D eigenvalue weighted by Crippen LogP contribution is 2.31. The number of thiazole rings is 1. The Morgan fingerprint density at radius 3 is 2.45 bits per heavy atom. The van der Waals surface area contributed by atoms with Crippen LogP contribution in [-0.2, 0) is 11.2 Å². The number of methoxy groups -OCH3 is 1. The Labute approximate surface area is 200 Å². The molecule has 1 aromatic heterocycles. The molecule has 0 fully saturated rings. The Morgan fingerprint density at radius 1 is 1.06 bits per heavy atom. The Kier molecular flexibility index (Phi) is 8.86. The van der Waals surface area contributed by atoms with E-state index in [-0.39, 0.29) is 12.3 Å². The van der Waals surface area contributed by atoms with Gasteiger partial charge in [-0.3, -0.25) is 4.79 Å². The molecule has 176 valence electrons. The lowest BCUT2D eigenvalue weighted by Gasteiger charge is -2.19. The van der Waals surface area contributed by atoms with Gasteiger partial charge in [-0.2, -0.15) is 0 Å². The summed E-state index contributed by atoms with van der Waals surface area (Å²) in [7, 11) is 1.61. The van der Waals surface area contributed by atoms with Gasteiger partial charge >= 0.3 is 0 Å². The fraction of sp³-hybridized carbons (Fsp3) is 0.385. The van der Waals surface area contributed by atoms with Crippen molar-refractivity contribution in [1.82, 2.24) is 9.88 Å². The van der Waals surface area contributed by atoms with E-state index in [0.717, 1.165) is 40.8 Å². The zero-order chi connectivity index (χ0) is 23.8. The van der Waals surface area contributed by atoms with Crippen molar-refractivity contribution in [2.75, 3.05) is 38.7 Å². The number of rotatable bonds is 11. The molecule has 0 spiro atoms. The van der Waals surface area contributed by atoms with Crippen LogP contribution in [0.1, 0.15) is 29.3 Å². The fourth-order valence-corrected chi connectivity index (χ4v) is 4.53. The summed E-state index contributed by atoms with van der Waals surface area (Å²) >= 11 is 1.56. The van der Waals surface area contributed by atoms with Gasteiger partial charge in [0.2, 0.25) is 5.91 Å². The number of hydrogen-bond acceptors (Lipinski definition) is 6. The molecule has 2 aromatic carbocycles. The summed E-state index contributed by atoms with van der Waals surface area (Å²) < 4.78 is 11.4. The lowest BCUT2D eigenvalue weighted by molar-refractivity contribution is -0.115. The molecule has 0 radical (unpaired) electrons. The fourth-order valence-electron chi connectivity index (χ4n) is 3.57. The summed E-state index contributed by atoms with van der Waals surface area (Å²) in [5.74, 6) is 1.18. The molecule has 33 heavy (non-hydrogen) atoms. The molecular formula is C26H33N3O3S. The van der Waals surface area contributed by atoms with Gasteiger partial charge in [-0.05, 0) is 39.1 Å². The second-order valence-electron chi connectivity index (χ2n) is 7.84. The first-order valence-electron chi connectivity index (χ1n) is 11.3. The van der Waals surface area contributed by atoms with Gasteiger partial charge in [-0.1, -0.05) is 43.7 Å². The van der Waals surface area contributed by atoms with Gasteiger partial charge in [0, 0.05) is 28.7 Å². The predicted octanol–water partition coefficient (Wildman–Crippen LogP) is 5.34. The molecule has 0 saturated carbocycles. The summed E-state index contributed by atoms with van der Waals surface area (Å²) in [5.41, 5.74) is 3.78. The number of benzene rings is 2. The maximum Gasteiger partial charge on any atom is 0.229 e. The van der Waals surface area contributed by atoms with E-state index in [4.69, 9.17) is 9.47 Å². The molecule has 1 N–H and O–H groups in total. The summed E-state index contributed by atoms with van der Waals surface area (Å²) in [6, 6.07) is 13.7. The minimum Gasteiger partial charge on any atom is -0.493 e. The number of ether oxygens (including phenoxy) is 2. The average Bonchev–Trinajstić information content (AvgIpc) is 3.17. The van der Waals surface area contributed by atoms with E-state index in [0.29, 0.717) is 23.8 Å². The van der Waals surface area contributed by atoms with Crippen molar-refractivity contribution in [3.05, 3.63) is 57.9 Å². The van der Waals surface area contributed by atoms with Gasteiger partial charge in [0.1, 0.15) is 6.61 Å². The van der Waals surface area contributed by atoms with E-state index in [1.807, 2.05) is 25.1 Å². The topological polar surface area (TPSA) is 63.7 Å². The molecule has 0 bridgehead atoms. The SMILES string of the molecule is CCN(CC)CCOc1cc(NC(=O)Cc2sc(C)nc2-c2ccc(C)cc2)ccc1OC.